The summed E-state index contributed by atoms with van der Waals surface area (Å²) in [4.78, 5) is 24.0. The highest BCUT2D eigenvalue weighted by Crippen LogP contribution is 2.17. The van der Waals surface area contributed by atoms with Crippen LogP contribution in [0, 0.1) is 0 Å². The number of carbonyl (C=O) groups is 2. The molecule has 5 heteroatoms. The number of hydrogen-bond donors (Lipinski definition) is 0. The van der Waals surface area contributed by atoms with Crippen LogP contribution in [0.1, 0.15) is 19.3 Å². The number of carbonyl (C=O) groups excluding carboxylic acids is 2. The van der Waals surface area contributed by atoms with Crippen LogP contribution in [0.15, 0.2) is 24.3 Å². The average Bonchev–Trinajstić information content (AvgIpc) is 2.66. The second-order valence-corrected chi connectivity index (χ2v) is 4.53. The van der Waals surface area contributed by atoms with Crippen molar-refractivity contribution in [2.75, 3.05) is 13.2 Å². The van der Waals surface area contributed by atoms with E-state index >= 15 is 0 Å². The van der Waals surface area contributed by atoms with E-state index in [9.17, 15) is 9.59 Å². The largest absolute Gasteiger partial charge is 0.493 e. The molecule has 1 aromatic carbocycles. The lowest BCUT2D eigenvalue weighted by molar-refractivity contribution is -0.138. The number of rotatable bonds is 5. The predicted octanol–water partition coefficient (Wildman–Crippen LogP) is 2.26. The first kappa shape index (κ1) is 12.9. The number of halogens is 1. The molecule has 0 N–H and O–H groups in total. The highest BCUT2D eigenvalue weighted by molar-refractivity contribution is 6.30. The third kappa shape index (κ3) is 3.23. The Kier molecular flexibility index (Phi) is 4.20. The quantitative estimate of drug-likeness (QED) is 0.607. The summed E-state index contributed by atoms with van der Waals surface area (Å²) in [5, 5.41) is 0.623. The van der Waals surface area contributed by atoms with E-state index in [0.29, 0.717) is 43.2 Å². The minimum Gasteiger partial charge on any atom is -0.493 e. The maximum absolute atomic E-state index is 11.3. The molecule has 4 nitrogen and oxygen atoms in total. The van der Waals surface area contributed by atoms with Gasteiger partial charge >= 0.3 is 0 Å². The van der Waals surface area contributed by atoms with Crippen LogP contribution in [-0.4, -0.2) is 29.9 Å². The zero-order valence-corrected chi connectivity index (χ0v) is 10.7. The second kappa shape index (κ2) is 5.87. The van der Waals surface area contributed by atoms with E-state index in [0.717, 1.165) is 0 Å². The zero-order valence-electron chi connectivity index (χ0n) is 9.89. The van der Waals surface area contributed by atoms with Crippen LogP contribution in [0.2, 0.25) is 5.02 Å². The Morgan fingerprint density at radius 2 is 1.94 bits per heavy atom. The van der Waals surface area contributed by atoms with E-state index in [2.05, 4.69) is 0 Å². The van der Waals surface area contributed by atoms with Gasteiger partial charge in [0.05, 0.1) is 6.61 Å². The molecular weight excluding hydrogens is 254 g/mol. The number of nitrogens with zero attached hydrogens (tertiary/aromatic N) is 1. The minimum atomic E-state index is -0.0808. The van der Waals surface area contributed by atoms with Gasteiger partial charge < -0.3 is 4.74 Å². The number of imide groups is 1. The van der Waals surface area contributed by atoms with Crippen molar-refractivity contribution >= 4 is 23.4 Å². The average molecular weight is 268 g/mol. The smallest absolute Gasteiger partial charge is 0.229 e. The summed E-state index contributed by atoms with van der Waals surface area (Å²) >= 11 is 5.82. The molecule has 1 aromatic rings. The van der Waals surface area contributed by atoms with Gasteiger partial charge in [-0.15, -0.1) is 0 Å². The molecule has 2 amide bonds. The summed E-state index contributed by atoms with van der Waals surface area (Å²) < 4.78 is 5.48. The molecule has 96 valence electrons. The van der Waals surface area contributed by atoms with Crippen molar-refractivity contribution in [2.45, 2.75) is 19.3 Å². The van der Waals surface area contributed by atoms with Crippen LogP contribution in [0.4, 0.5) is 0 Å². The minimum absolute atomic E-state index is 0.0808. The summed E-state index contributed by atoms with van der Waals surface area (Å²) in [6.07, 6.45) is 1.31. The summed E-state index contributed by atoms with van der Waals surface area (Å²) in [7, 11) is 0. The third-order valence-corrected chi connectivity index (χ3v) is 2.98. The normalized spacial score (nSPS) is 15.3. The van der Waals surface area contributed by atoms with Crippen molar-refractivity contribution in [2.24, 2.45) is 0 Å². The van der Waals surface area contributed by atoms with Crippen molar-refractivity contribution < 1.29 is 14.3 Å². The van der Waals surface area contributed by atoms with Crippen LogP contribution < -0.4 is 4.74 Å². The Morgan fingerprint density at radius 3 is 2.61 bits per heavy atom. The number of ether oxygens (including phenoxy) is 1. The number of likely N-dealkylation sites (tertiary alicyclic amines) is 1. The molecule has 0 saturated carbocycles. The highest BCUT2D eigenvalue weighted by atomic mass is 35.5. The fraction of sp³-hybridized carbons (Fsp3) is 0.385. The first-order chi connectivity index (χ1) is 8.66. The number of hydrogen-bond acceptors (Lipinski definition) is 3. The molecule has 0 aromatic heterocycles. The second-order valence-electron chi connectivity index (χ2n) is 4.10. The van der Waals surface area contributed by atoms with E-state index < -0.39 is 0 Å². The fourth-order valence-electron chi connectivity index (χ4n) is 1.84. The Hall–Kier alpha value is -1.55. The first-order valence-electron chi connectivity index (χ1n) is 5.88. The third-order valence-electron chi connectivity index (χ3n) is 2.75. The fourth-order valence-corrected chi connectivity index (χ4v) is 2.02. The van der Waals surface area contributed by atoms with Crippen molar-refractivity contribution in [3.05, 3.63) is 29.3 Å². The van der Waals surface area contributed by atoms with E-state index in [-0.39, 0.29) is 11.8 Å². The van der Waals surface area contributed by atoms with E-state index in [1.165, 1.54) is 4.90 Å². The van der Waals surface area contributed by atoms with Gasteiger partial charge in [0.15, 0.2) is 0 Å². The molecule has 0 aliphatic carbocycles. The SMILES string of the molecule is O=C1CCC(=O)N1CCCOc1cccc(Cl)c1. The number of amides is 2. The molecule has 2 rings (SSSR count). The van der Waals surface area contributed by atoms with Gasteiger partial charge in [0.25, 0.3) is 0 Å². The summed E-state index contributed by atoms with van der Waals surface area (Å²) in [6.45, 7) is 0.885. The van der Waals surface area contributed by atoms with Gasteiger partial charge in [-0.1, -0.05) is 17.7 Å². The lowest BCUT2D eigenvalue weighted by Crippen LogP contribution is -2.30. The molecule has 0 spiro atoms. The zero-order chi connectivity index (χ0) is 13.0. The van der Waals surface area contributed by atoms with Crippen molar-refractivity contribution in [3.8, 4) is 5.75 Å². The molecule has 0 atom stereocenters. The number of benzene rings is 1. The molecule has 1 heterocycles. The van der Waals surface area contributed by atoms with Gasteiger partial charge in [0.2, 0.25) is 11.8 Å². The van der Waals surface area contributed by atoms with Crippen molar-refractivity contribution in [3.63, 3.8) is 0 Å². The molecular formula is C13H14ClNO3. The van der Waals surface area contributed by atoms with Crippen LogP contribution in [0.3, 0.4) is 0 Å². The Balaban J connectivity index is 1.73. The summed E-state index contributed by atoms with van der Waals surface area (Å²) in [5.41, 5.74) is 0. The molecule has 1 aliphatic rings. The lowest BCUT2D eigenvalue weighted by atomic mass is 10.3. The van der Waals surface area contributed by atoms with Crippen molar-refractivity contribution in [1.82, 2.24) is 4.90 Å². The molecule has 0 bridgehead atoms. The van der Waals surface area contributed by atoms with Gasteiger partial charge in [-0.2, -0.15) is 0 Å². The molecule has 0 unspecified atom stereocenters. The van der Waals surface area contributed by atoms with Crippen LogP contribution in [0.5, 0.6) is 5.75 Å². The maximum Gasteiger partial charge on any atom is 0.229 e. The Labute approximate surface area is 110 Å². The van der Waals surface area contributed by atoms with E-state index in [4.69, 9.17) is 16.3 Å². The molecule has 1 saturated heterocycles. The predicted molar refractivity (Wildman–Crippen MR) is 67.5 cm³/mol. The molecule has 18 heavy (non-hydrogen) atoms. The van der Waals surface area contributed by atoms with Gasteiger partial charge in [-0.3, -0.25) is 14.5 Å². The van der Waals surface area contributed by atoms with Crippen molar-refractivity contribution in [1.29, 1.82) is 0 Å². The van der Waals surface area contributed by atoms with Gasteiger partial charge in [0, 0.05) is 24.4 Å². The van der Waals surface area contributed by atoms with Gasteiger partial charge in [-0.05, 0) is 24.6 Å². The maximum atomic E-state index is 11.3. The summed E-state index contributed by atoms with van der Waals surface area (Å²) in [5.74, 6) is 0.534. The Bertz CT molecular complexity index is 445. The van der Waals surface area contributed by atoms with Crippen LogP contribution in [-0.2, 0) is 9.59 Å². The van der Waals surface area contributed by atoms with Gasteiger partial charge in [-0.25, -0.2) is 0 Å². The van der Waals surface area contributed by atoms with Gasteiger partial charge in [0.1, 0.15) is 5.75 Å². The van der Waals surface area contributed by atoms with Crippen LogP contribution >= 0.6 is 11.6 Å². The monoisotopic (exact) mass is 267 g/mol. The molecule has 1 aliphatic heterocycles. The summed E-state index contributed by atoms with van der Waals surface area (Å²) in [6, 6.07) is 7.13. The molecule has 0 radical (unpaired) electrons. The molecule has 1 fully saturated rings. The lowest BCUT2D eigenvalue weighted by Gasteiger charge is -2.13. The van der Waals surface area contributed by atoms with E-state index in [1.807, 2.05) is 12.1 Å². The topological polar surface area (TPSA) is 46.6 Å². The Morgan fingerprint density at radius 1 is 1.22 bits per heavy atom. The highest BCUT2D eigenvalue weighted by Gasteiger charge is 2.27. The van der Waals surface area contributed by atoms with Crippen LogP contribution in [0.25, 0.3) is 0 Å². The first-order valence-corrected chi connectivity index (χ1v) is 6.26. The standard InChI is InChI=1S/C13H14ClNO3/c14-10-3-1-4-11(9-10)18-8-2-7-15-12(16)5-6-13(15)17/h1,3-4,9H,2,5-8H2. The van der Waals surface area contributed by atoms with E-state index in [1.54, 1.807) is 12.1 Å².